The molecule has 1 aromatic heterocycles. The Morgan fingerprint density at radius 3 is 2.70 bits per heavy atom. The molecule has 0 N–H and O–H groups in total. The van der Waals surface area contributed by atoms with Gasteiger partial charge in [-0.25, -0.2) is 4.39 Å². The number of ether oxygens (including phenoxy) is 1. The minimum atomic E-state index is -0.192. The Morgan fingerprint density at radius 1 is 1.30 bits per heavy atom. The maximum atomic E-state index is 13.1. The summed E-state index contributed by atoms with van der Waals surface area (Å²) in [5.74, 6) is -0.192. The van der Waals surface area contributed by atoms with Crippen LogP contribution in [0.4, 0.5) is 4.39 Å². The molecule has 0 saturated carbocycles. The molecule has 2 aromatic rings. The van der Waals surface area contributed by atoms with Crippen LogP contribution in [0.25, 0.3) is 0 Å². The summed E-state index contributed by atoms with van der Waals surface area (Å²) in [6, 6.07) is 6.76. The van der Waals surface area contributed by atoms with Crippen molar-refractivity contribution >= 4 is 0 Å². The molecule has 1 fully saturated rings. The van der Waals surface area contributed by atoms with Crippen molar-refractivity contribution < 1.29 is 9.13 Å². The summed E-state index contributed by atoms with van der Waals surface area (Å²) < 4.78 is 20.8. The largest absolute Gasteiger partial charge is 0.377 e. The van der Waals surface area contributed by atoms with E-state index in [-0.39, 0.29) is 5.82 Å². The summed E-state index contributed by atoms with van der Waals surface area (Å²) in [6.07, 6.45) is 4.63. The first kappa shape index (κ1) is 16.1. The molecule has 5 heteroatoms. The van der Waals surface area contributed by atoms with Gasteiger partial charge in [-0.15, -0.1) is 0 Å². The molecule has 1 unspecified atom stereocenters. The van der Waals surface area contributed by atoms with Gasteiger partial charge < -0.3 is 4.74 Å². The van der Waals surface area contributed by atoms with E-state index in [2.05, 4.69) is 16.2 Å². The van der Waals surface area contributed by atoms with Crippen LogP contribution in [-0.2, 0) is 24.9 Å². The molecule has 1 aliphatic rings. The van der Waals surface area contributed by atoms with Crippen molar-refractivity contribution in [3.8, 4) is 0 Å². The predicted octanol–water partition coefficient (Wildman–Crippen LogP) is 3.05. The number of hydrogen-bond acceptors (Lipinski definition) is 3. The van der Waals surface area contributed by atoms with Crippen LogP contribution < -0.4 is 0 Å². The van der Waals surface area contributed by atoms with Gasteiger partial charge in [-0.2, -0.15) is 5.10 Å². The molecule has 0 bridgehead atoms. The highest BCUT2D eigenvalue weighted by Crippen LogP contribution is 2.18. The molecule has 23 heavy (non-hydrogen) atoms. The van der Waals surface area contributed by atoms with Crippen molar-refractivity contribution in [2.45, 2.75) is 39.0 Å². The van der Waals surface area contributed by atoms with E-state index < -0.39 is 0 Å². The lowest BCUT2D eigenvalue weighted by Crippen LogP contribution is -2.31. The van der Waals surface area contributed by atoms with E-state index in [4.69, 9.17) is 4.74 Å². The van der Waals surface area contributed by atoms with Crippen LogP contribution >= 0.6 is 0 Å². The Labute approximate surface area is 136 Å². The molecule has 1 atom stereocenters. The molecular formula is C18H24FN3O. The van der Waals surface area contributed by atoms with Crippen LogP contribution in [0.2, 0.25) is 0 Å². The summed E-state index contributed by atoms with van der Waals surface area (Å²) in [5.41, 5.74) is 3.41. The highest BCUT2D eigenvalue weighted by molar-refractivity contribution is 5.18. The molecule has 0 radical (unpaired) electrons. The van der Waals surface area contributed by atoms with E-state index in [9.17, 15) is 4.39 Å². The Kier molecular flexibility index (Phi) is 5.08. The first-order valence-corrected chi connectivity index (χ1v) is 8.17. The topological polar surface area (TPSA) is 30.3 Å². The first-order chi connectivity index (χ1) is 11.1. The quantitative estimate of drug-likeness (QED) is 0.820. The molecule has 0 amide bonds. The van der Waals surface area contributed by atoms with Gasteiger partial charge in [0.1, 0.15) is 5.82 Å². The predicted molar refractivity (Wildman–Crippen MR) is 87.4 cm³/mol. The zero-order chi connectivity index (χ0) is 16.2. The minimum absolute atomic E-state index is 0.192. The molecule has 3 rings (SSSR count). The maximum absolute atomic E-state index is 13.1. The lowest BCUT2D eigenvalue weighted by atomic mass is 10.1. The van der Waals surface area contributed by atoms with E-state index in [1.165, 1.54) is 17.7 Å². The molecule has 1 saturated heterocycles. The number of rotatable bonds is 6. The van der Waals surface area contributed by atoms with Crippen molar-refractivity contribution in [1.29, 1.82) is 0 Å². The SMILES string of the molecule is Cc1nn(C)cc1CN(Cc1ccc(F)cc1)CC1CCCO1. The fourth-order valence-electron chi connectivity index (χ4n) is 3.15. The second kappa shape index (κ2) is 7.23. The molecule has 0 aliphatic carbocycles. The van der Waals surface area contributed by atoms with Crippen molar-refractivity contribution in [3.63, 3.8) is 0 Å². The molecule has 1 aromatic carbocycles. The van der Waals surface area contributed by atoms with E-state index in [1.807, 2.05) is 30.8 Å². The Morgan fingerprint density at radius 2 is 2.09 bits per heavy atom. The third-order valence-corrected chi connectivity index (χ3v) is 4.31. The van der Waals surface area contributed by atoms with Gasteiger partial charge in [0, 0.05) is 45.0 Å². The number of aromatic nitrogens is 2. The molecule has 0 spiro atoms. The maximum Gasteiger partial charge on any atom is 0.123 e. The van der Waals surface area contributed by atoms with Crippen LogP contribution in [0.5, 0.6) is 0 Å². The van der Waals surface area contributed by atoms with Gasteiger partial charge in [-0.1, -0.05) is 12.1 Å². The van der Waals surface area contributed by atoms with Crippen molar-refractivity contribution in [2.75, 3.05) is 13.2 Å². The van der Waals surface area contributed by atoms with E-state index >= 15 is 0 Å². The number of aryl methyl sites for hydroxylation is 2. The van der Waals surface area contributed by atoms with Crippen LogP contribution in [0.15, 0.2) is 30.5 Å². The molecule has 1 aliphatic heterocycles. The van der Waals surface area contributed by atoms with Crippen molar-refractivity contribution in [2.24, 2.45) is 7.05 Å². The lowest BCUT2D eigenvalue weighted by molar-refractivity contribution is 0.0678. The van der Waals surface area contributed by atoms with Crippen molar-refractivity contribution in [1.82, 2.24) is 14.7 Å². The Bertz CT molecular complexity index is 632. The third kappa shape index (κ3) is 4.39. The fourth-order valence-corrected chi connectivity index (χ4v) is 3.15. The van der Waals surface area contributed by atoms with Crippen LogP contribution in [0.3, 0.4) is 0 Å². The summed E-state index contributed by atoms with van der Waals surface area (Å²) in [5, 5.41) is 4.42. The van der Waals surface area contributed by atoms with E-state index in [0.717, 1.165) is 50.3 Å². The number of hydrogen-bond donors (Lipinski definition) is 0. The van der Waals surface area contributed by atoms with E-state index in [1.54, 1.807) is 0 Å². The average molecular weight is 317 g/mol. The average Bonchev–Trinajstić information content (AvgIpc) is 3.12. The summed E-state index contributed by atoms with van der Waals surface area (Å²) >= 11 is 0. The van der Waals surface area contributed by atoms with Gasteiger partial charge in [0.05, 0.1) is 11.8 Å². The van der Waals surface area contributed by atoms with Gasteiger partial charge in [-0.05, 0) is 37.5 Å². The summed E-state index contributed by atoms with van der Waals surface area (Å²) in [6.45, 7) is 5.41. The van der Waals surface area contributed by atoms with Gasteiger partial charge in [0.15, 0.2) is 0 Å². The lowest BCUT2D eigenvalue weighted by Gasteiger charge is -2.25. The van der Waals surface area contributed by atoms with Crippen LogP contribution in [0, 0.1) is 12.7 Å². The van der Waals surface area contributed by atoms with Gasteiger partial charge in [-0.3, -0.25) is 9.58 Å². The molecule has 4 nitrogen and oxygen atoms in total. The van der Waals surface area contributed by atoms with Crippen LogP contribution in [-0.4, -0.2) is 33.9 Å². The molecule has 124 valence electrons. The number of nitrogens with zero attached hydrogens (tertiary/aromatic N) is 3. The standard InChI is InChI=1S/C18H24FN3O/c1-14-16(11-21(2)20-14)12-22(13-18-4-3-9-23-18)10-15-5-7-17(19)8-6-15/h5-8,11,18H,3-4,9-10,12-13H2,1-2H3. The fraction of sp³-hybridized carbons (Fsp3) is 0.500. The molecule has 2 heterocycles. The smallest absolute Gasteiger partial charge is 0.123 e. The number of benzene rings is 1. The highest BCUT2D eigenvalue weighted by atomic mass is 19.1. The van der Waals surface area contributed by atoms with Crippen LogP contribution in [0.1, 0.15) is 29.7 Å². The number of halogens is 1. The summed E-state index contributed by atoms with van der Waals surface area (Å²) in [7, 11) is 1.95. The summed E-state index contributed by atoms with van der Waals surface area (Å²) in [4.78, 5) is 2.37. The minimum Gasteiger partial charge on any atom is -0.377 e. The van der Waals surface area contributed by atoms with E-state index in [0.29, 0.717) is 6.10 Å². The normalized spacial score (nSPS) is 18.0. The highest BCUT2D eigenvalue weighted by Gasteiger charge is 2.20. The monoisotopic (exact) mass is 317 g/mol. The third-order valence-electron chi connectivity index (χ3n) is 4.31. The second-order valence-corrected chi connectivity index (χ2v) is 6.34. The Balaban J connectivity index is 1.72. The zero-order valence-electron chi connectivity index (χ0n) is 13.8. The van der Waals surface area contributed by atoms with Crippen molar-refractivity contribution in [3.05, 3.63) is 53.1 Å². The van der Waals surface area contributed by atoms with Gasteiger partial charge in [0.25, 0.3) is 0 Å². The molecular weight excluding hydrogens is 293 g/mol. The van der Waals surface area contributed by atoms with Gasteiger partial charge in [0.2, 0.25) is 0 Å². The van der Waals surface area contributed by atoms with Gasteiger partial charge >= 0.3 is 0 Å². The Hall–Kier alpha value is -1.72. The second-order valence-electron chi connectivity index (χ2n) is 6.34. The first-order valence-electron chi connectivity index (χ1n) is 8.17. The zero-order valence-corrected chi connectivity index (χ0v) is 13.8.